The maximum absolute atomic E-state index is 13.0. The molecule has 0 spiro atoms. The fourth-order valence-corrected chi connectivity index (χ4v) is 2.97. The van der Waals surface area contributed by atoms with Crippen LogP contribution in [-0.2, 0) is 0 Å². The lowest BCUT2D eigenvalue weighted by atomic mass is 10.1. The summed E-state index contributed by atoms with van der Waals surface area (Å²) in [5.41, 5.74) is 1.48. The van der Waals surface area contributed by atoms with Crippen LogP contribution in [0.1, 0.15) is 22.5 Å². The van der Waals surface area contributed by atoms with Crippen molar-refractivity contribution in [2.24, 2.45) is 5.92 Å². The average Bonchev–Trinajstić information content (AvgIpc) is 3.02. The van der Waals surface area contributed by atoms with Crippen LogP contribution in [0.2, 0.25) is 0 Å². The molecule has 1 fully saturated rings. The molecule has 2 aromatic rings. The summed E-state index contributed by atoms with van der Waals surface area (Å²) < 4.78 is 13.0. The van der Waals surface area contributed by atoms with Crippen LogP contribution in [0.3, 0.4) is 0 Å². The molecule has 1 amide bonds. The van der Waals surface area contributed by atoms with Crippen LogP contribution in [0.15, 0.2) is 41.2 Å². The number of carbonyl (C=O) groups is 1. The lowest BCUT2D eigenvalue weighted by molar-refractivity contribution is 0.0946. The fourth-order valence-electron chi connectivity index (χ4n) is 2.97. The van der Waals surface area contributed by atoms with Gasteiger partial charge in [0.2, 0.25) is 0 Å². The number of anilines is 1. The highest BCUT2D eigenvalue weighted by atomic mass is 19.1. The molecule has 1 aromatic carbocycles. The van der Waals surface area contributed by atoms with Gasteiger partial charge in [-0.2, -0.15) is 0 Å². The predicted molar refractivity (Wildman–Crippen MR) is 90.9 cm³/mol. The van der Waals surface area contributed by atoms with Crippen molar-refractivity contribution < 1.29 is 9.18 Å². The van der Waals surface area contributed by atoms with Gasteiger partial charge in [-0.05, 0) is 55.7 Å². The van der Waals surface area contributed by atoms with Gasteiger partial charge in [-0.25, -0.2) is 4.39 Å². The van der Waals surface area contributed by atoms with Crippen LogP contribution in [-0.4, -0.2) is 30.5 Å². The number of aromatic amines is 1. The van der Waals surface area contributed by atoms with Gasteiger partial charge >= 0.3 is 0 Å². The summed E-state index contributed by atoms with van der Waals surface area (Å²) in [5, 5.41) is 2.84. The van der Waals surface area contributed by atoms with Gasteiger partial charge in [0.1, 0.15) is 11.4 Å². The van der Waals surface area contributed by atoms with Gasteiger partial charge in [-0.3, -0.25) is 9.59 Å². The lowest BCUT2D eigenvalue weighted by Crippen LogP contribution is -2.34. The van der Waals surface area contributed by atoms with Crippen LogP contribution in [0.4, 0.5) is 10.1 Å². The Bertz CT molecular complexity index is 786. The number of amides is 1. The second-order valence-corrected chi connectivity index (χ2v) is 6.17. The molecule has 126 valence electrons. The lowest BCUT2D eigenvalue weighted by Gasteiger charge is -2.18. The van der Waals surface area contributed by atoms with Crippen LogP contribution >= 0.6 is 0 Å². The number of nitrogens with one attached hydrogen (secondary N) is 2. The van der Waals surface area contributed by atoms with Crippen LogP contribution in [0.5, 0.6) is 0 Å². The van der Waals surface area contributed by atoms with E-state index in [4.69, 9.17) is 0 Å². The highest BCUT2D eigenvalue weighted by Gasteiger charge is 2.23. The summed E-state index contributed by atoms with van der Waals surface area (Å²) >= 11 is 0. The summed E-state index contributed by atoms with van der Waals surface area (Å²) in [4.78, 5) is 28.7. The van der Waals surface area contributed by atoms with E-state index in [-0.39, 0.29) is 22.8 Å². The van der Waals surface area contributed by atoms with Crippen molar-refractivity contribution in [3.8, 4) is 0 Å². The third kappa shape index (κ3) is 3.64. The van der Waals surface area contributed by atoms with Crippen molar-refractivity contribution in [3.05, 3.63) is 63.8 Å². The quantitative estimate of drug-likeness (QED) is 0.903. The number of aromatic nitrogens is 1. The zero-order valence-electron chi connectivity index (χ0n) is 13.5. The van der Waals surface area contributed by atoms with Crippen molar-refractivity contribution in [1.29, 1.82) is 0 Å². The zero-order chi connectivity index (χ0) is 17.1. The standard InChI is InChI=1S/C18H20FN3O2/c1-12-2-7-16(18(24)21-12)17(23)20-10-13-8-9-22(11-13)15-5-3-14(19)4-6-15/h2-7,13H,8-11H2,1H3,(H,20,23)(H,21,24). The van der Waals surface area contributed by atoms with Gasteiger partial charge in [0.15, 0.2) is 0 Å². The molecule has 3 rings (SSSR count). The van der Waals surface area contributed by atoms with E-state index in [1.165, 1.54) is 12.1 Å². The Morgan fingerprint density at radius 2 is 2.04 bits per heavy atom. The van der Waals surface area contributed by atoms with E-state index in [2.05, 4.69) is 15.2 Å². The number of carbonyl (C=O) groups excluding carboxylic acids is 1. The third-order valence-electron chi connectivity index (χ3n) is 4.33. The summed E-state index contributed by atoms with van der Waals surface area (Å²) in [5.74, 6) is -0.287. The second-order valence-electron chi connectivity index (χ2n) is 6.17. The molecule has 0 radical (unpaired) electrons. The van der Waals surface area contributed by atoms with Crippen molar-refractivity contribution in [1.82, 2.24) is 10.3 Å². The maximum Gasteiger partial charge on any atom is 0.260 e. The van der Waals surface area contributed by atoms with E-state index >= 15 is 0 Å². The van der Waals surface area contributed by atoms with Gasteiger partial charge < -0.3 is 15.2 Å². The molecule has 2 heterocycles. The maximum atomic E-state index is 13.0. The molecule has 24 heavy (non-hydrogen) atoms. The first-order chi connectivity index (χ1) is 11.5. The van der Waals surface area contributed by atoms with E-state index in [1.807, 2.05) is 0 Å². The number of benzene rings is 1. The molecule has 5 nitrogen and oxygen atoms in total. The van der Waals surface area contributed by atoms with Gasteiger partial charge in [0.05, 0.1) is 0 Å². The number of halogens is 1. The number of aryl methyl sites for hydroxylation is 1. The molecule has 1 aliphatic heterocycles. The van der Waals surface area contributed by atoms with E-state index in [1.54, 1.807) is 31.2 Å². The molecule has 0 bridgehead atoms. The smallest absolute Gasteiger partial charge is 0.260 e. The Morgan fingerprint density at radius 1 is 1.29 bits per heavy atom. The first-order valence-corrected chi connectivity index (χ1v) is 8.01. The number of pyridine rings is 1. The minimum atomic E-state index is -0.369. The number of hydrogen-bond acceptors (Lipinski definition) is 3. The summed E-state index contributed by atoms with van der Waals surface area (Å²) in [6.07, 6.45) is 0.946. The molecule has 1 saturated heterocycles. The Labute approximate surface area is 139 Å². The molecule has 1 atom stereocenters. The van der Waals surface area contributed by atoms with Gasteiger partial charge in [0.25, 0.3) is 11.5 Å². The Kier molecular flexibility index (Phi) is 4.64. The van der Waals surface area contributed by atoms with Crippen LogP contribution in [0, 0.1) is 18.7 Å². The van der Waals surface area contributed by atoms with Crippen molar-refractivity contribution in [3.63, 3.8) is 0 Å². The molecule has 2 N–H and O–H groups in total. The van der Waals surface area contributed by atoms with Gasteiger partial charge in [-0.1, -0.05) is 0 Å². The molecule has 1 unspecified atom stereocenters. The Balaban J connectivity index is 1.55. The summed E-state index contributed by atoms with van der Waals surface area (Å²) in [7, 11) is 0. The number of rotatable bonds is 4. The van der Waals surface area contributed by atoms with E-state index in [0.29, 0.717) is 12.5 Å². The monoisotopic (exact) mass is 329 g/mol. The van der Waals surface area contributed by atoms with Crippen molar-refractivity contribution >= 4 is 11.6 Å². The minimum absolute atomic E-state index is 0.133. The fraction of sp³-hybridized carbons (Fsp3) is 0.333. The first-order valence-electron chi connectivity index (χ1n) is 8.01. The van der Waals surface area contributed by atoms with Crippen molar-refractivity contribution in [2.45, 2.75) is 13.3 Å². The van der Waals surface area contributed by atoms with E-state index < -0.39 is 0 Å². The van der Waals surface area contributed by atoms with Crippen LogP contribution < -0.4 is 15.8 Å². The topological polar surface area (TPSA) is 65.2 Å². The third-order valence-corrected chi connectivity index (χ3v) is 4.33. The summed E-state index contributed by atoms with van der Waals surface area (Å²) in [6, 6.07) is 9.69. The molecule has 6 heteroatoms. The molecule has 1 aromatic heterocycles. The Hall–Kier alpha value is -2.63. The second kappa shape index (κ2) is 6.86. The normalized spacial score (nSPS) is 17.1. The van der Waals surface area contributed by atoms with Gasteiger partial charge in [0, 0.05) is 31.0 Å². The SMILES string of the molecule is Cc1ccc(C(=O)NCC2CCN(c3ccc(F)cc3)C2)c(=O)[nH]1. The highest BCUT2D eigenvalue weighted by molar-refractivity contribution is 5.93. The average molecular weight is 329 g/mol. The molecular weight excluding hydrogens is 309 g/mol. The van der Waals surface area contributed by atoms with E-state index in [0.717, 1.165) is 30.9 Å². The predicted octanol–water partition coefficient (Wildman–Crippen LogP) is 2.08. The molecule has 0 aliphatic carbocycles. The Morgan fingerprint density at radius 3 is 2.75 bits per heavy atom. The number of nitrogens with zero attached hydrogens (tertiary/aromatic N) is 1. The first kappa shape index (κ1) is 16.2. The highest BCUT2D eigenvalue weighted by Crippen LogP contribution is 2.23. The molecule has 0 saturated carbocycles. The molecular formula is C18H20FN3O2. The number of hydrogen-bond donors (Lipinski definition) is 2. The van der Waals surface area contributed by atoms with Crippen LogP contribution in [0.25, 0.3) is 0 Å². The van der Waals surface area contributed by atoms with Gasteiger partial charge in [-0.15, -0.1) is 0 Å². The summed E-state index contributed by atoms with van der Waals surface area (Å²) in [6.45, 7) is 3.96. The number of H-pyrrole nitrogens is 1. The van der Waals surface area contributed by atoms with E-state index in [9.17, 15) is 14.0 Å². The molecule has 1 aliphatic rings. The zero-order valence-corrected chi connectivity index (χ0v) is 13.5. The van der Waals surface area contributed by atoms with Crippen molar-refractivity contribution in [2.75, 3.05) is 24.5 Å². The minimum Gasteiger partial charge on any atom is -0.371 e. The largest absolute Gasteiger partial charge is 0.371 e.